The molecule has 0 unspecified atom stereocenters. The Hall–Kier alpha value is -3.59. The number of benzene rings is 3. The molecule has 0 fully saturated rings. The number of methoxy groups -OCH3 is 3. The predicted molar refractivity (Wildman–Crippen MR) is 122 cm³/mol. The summed E-state index contributed by atoms with van der Waals surface area (Å²) in [6, 6.07) is 16.1. The third-order valence-electron chi connectivity index (χ3n) is 4.96. The molecule has 0 aliphatic rings. The number of nitrogens with zero attached hydrogens (tertiary/aromatic N) is 3. The van der Waals surface area contributed by atoms with Gasteiger partial charge in [0.1, 0.15) is 11.6 Å². The molecule has 33 heavy (non-hydrogen) atoms. The van der Waals surface area contributed by atoms with Crippen molar-refractivity contribution >= 4 is 11.8 Å². The average Bonchev–Trinajstić information content (AvgIpc) is 3.27. The normalized spacial score (nSPS) is 10.8. The van der Waals surface area contributed by atoms with E-state index in [2.05, 4.69) is 10.2 Å². The summed E-state index contributed by atoms with van der Waals surface area (Å²) in [4.78, 5) is 0. The summed E-state index contributed by atoms with van der Waals surface area (Å²) in [5, 5.41) is 9.24. The van der Waals surface area contributed by atoms with Gasteiger partial charge >= 0.3 is 0 Å². The molecule has 4 rings (SSSR count). The molecule has 0 N–H and O–H groups in total. The highest BCUT2D eigenvalue weighted by molar-refractivity contribution is 7.98. The lowest BCUT2D eigenvalue weighted by molar-refractivity contribution is 0.324. The number of hydrogen-bond acceptors (Lipinski definition) is 6. The highest BCUT2D eigenvalue weighted by Crippen LogP contribution is 2.42. The quantitative estimate of drug-likeness (QED) is 0.316. The smallest absolute Gasteiger partial charge is 0.203 e. The maximum Gasteiger partial charge on any atom is 0.203 e. The number of hydrogen-bond donors (Lipinski definition) is 0. The van der Waals surface area contributed by atoms with Crippen molar-refractivity contribution in [2.45, 2.75) is 10.9 Å². The maximum absolute atomic E-state index is 14.1. The third-order valence-corrected chi connectivity index (χ3v) is 5.93. The third kappa shape index (κ3) is 4.63. The summed E-state index contributed by atoms with van der Waals surface area (Å²) in [6.45, 7) is 0. The van der Waals surface area contributed by atoms with Crippen LogP contribution in [-0.2, 0) is 5.75 Å². The second-order valence-electron chi connectivity index (χ2n) is 6.91. The first kappa shape index (κ1) is 22.6. The van der Waals surface area contributed by atoms with Crippen molar-refractivity contribution in [2.75, 3.05) is 21.3 Å². The van der Waals surface area contributed by atoms with Crippen LogP contribution < -0.4 is 14.2 Å². The minimum absolute atomic E-state index is 0.289. The molecule has 6 nitrogen and oxygen atoms in total. The zero-order valence-electron chi connectivity index (χ0n) is 18.2. The topological polar surface area (TPSA) is 58.4 Å². The Balaban J connectivity index is 1.82. The fraction of sp³-hybridized carbons (Fsp3) is 0.167. The highest BCUT2D eigenvalue weighted by Gasteiger charge is 2.21. The van der Waals surface area contributed by atoms with Crippen molar-refractivity contribution in [1.29, 1.82) is 0 Å². The molecule has 0 saturated carbocycles. The molecule has 9 heteroatoms. The summed E-state index contributed by atoms with van der Waals surface area (Å²) in [7, 11) is 4.58. The largest absolute Gasteiger partial charge is 0.493 e. The van der Waals surface area contributed by atoms with Gasteiger partial charge < -0.3 is 14.2 Å². The SMILES string of the molecule is COc1cc(-c2nnc(SCc3ccccc3F)n2-c2ccc(F)cc2)cc(OC)c1OC. The lowest BCUT2D eigenvalue weighted by Gasteiger charge is -2.15. The summed E-state index contributed by atoms with van der Waals surface area (Å²) < 4.78 is 45.9. The van der Waals surface area contributed by atoms with Crippen LogP contribution in [0.4, 0.5) is 8.78 Å². The fourth-order valence-corrected chi connectivity index (χ4v) is 4.28. The Bertz CT molecular complexity index is 1240. The predicted octanol–water partition coefficient (Wildman–Crippen LogP) is 5.53. The van der Waals surface area contributed by atoms with E-state index in [0.717, 1.165) is 0 Å². The van der Waals surface area contributed by atoms with Gasteiger partial charge in [0, 0.05) is 17.0 Å². The van der Waals surface area contributed by atoms with E-state index in [0.29, 0.717) is 50.8 Å². The van der Waals surface area contributed by atoms with E-state index in [4.69, 9.17) is 14.2 Å². The molecule has 3 aromatic carbocycles. The molecule has 0 saturated heterocycles. The second kappa shape index (κ2) is 9.91. The second-order valence-corrected chi connectivity index (χ2v) is 7.85. The van der Waals surface area contributed by atoms with Gasteiger partial charge in [0.05, 0.1) is 21.3 Å². The van der Waals surface area contributed by atoms with Gasteiger partial charge in [-0.05, 0) is 48.0 Å². The van der Waals surface area contributed by atoms with Crippen molar-refractivity contribution in [1.82, 2.24) is 14.8 Å². The van der Waals surface area contributed by atoms with Gasteiger partial charge in [-0.1, -0.05) is 30.0 Å². The Morgan fingerprint density at radius 3 is 2.12 bits per heavy atom. The van der Waals surface area contributed by atoms with Crippen LogP contribution in [0.2, 0.25) is 0 Å². The van der Waals surface area contributed by atoms with E-state index in [1.165, 1.54) is 51.3 Å². The molecule has 0 atom stereocenters. The van der Waals surface area contributed by atoms with E-state index in [1.54, 1.807) is 47.0 Å². The van der Waals surface area contributed by atoms with Crippen LogP contribution in [0, 0.1) is 11.6 Å². The van der Waals surface area contributed by atoms with Crippen molar-refractivity contribution in [3.05, 3.63) is 77.9 Å². The first-order valence-corrected chi connectivity index (χ1v) is 10.9. The van der Waals surface area contributed by atoms with Crippen LogP contribution in [0.5, 0.6) is 17.2 Å². The molecular weight excluding hydrogens is 448 g/mol. The zero-order chi connectivity index (χ0) is 23.4. The van der Waals surface area contributed by atoms with Crippen LogP contribution in [-0.4, -0.2) is 36.1 Å². The molecule has 170 valence electrons. The molecule has 1 heterocycles. The van der Waals surface area contributed by atoms with Crippen LogP contribution in [0.25, 0.3) is 17.1 Å². The lowest BCUT2D eigenvalue weighted by Crippen LogP contribution is -2.02. The maximum atomic E-state index is 14.1. The summed E-state index contributed by atoms with van der Waals surface area (Å²) >= 11 is 1.32. The number of aromatic nitrogens is 3. The number of thioether (sulfide) groups is 1. The minimum Gasteiger partial charge on any atom is -0.493 e. The van der Waals surface area contributed by atoms with E-state index < -0.39 is 0 Å². The molecule has 0 spiro atoms. The average molecular weight is 470 g/mol. The van der Waals surface area contributed by atoms with Gasteiger partial charge in [-0.15, -0.1) is 10.2 Å². The summed E-state index contributed by atoms with van der Waals surface area (Å²) in [5.41, 5.74) is 1.85. The van der Waals surface area contributed by atoms with Gasteiger partial charge in [0.2, 0.25) is 5.75 Å². The van der Waals surface area contributed by atoms with Crippen molar-refractivity contribution in [2.24, 2.45) is 0 Å². The first-order valence-electron chi connectivity index (χ1n) is 9.93. The van der Waals surface area contributed by atoms with Gasteiger partial charge in [0.15, 0.2) is 22.5 Å². The summed E-state index contributed by atoms with van der Waals surface area (Å²) in [5.74, 6) is 1.55. The van der Waals surface area contributed by atoms with Gasteiger partial charge in [-0.25, -0.2) is 8.78 Å². The number of ether oxygens (including phenoxy) is 3. The van der Waals surface area contributed by atoms with Gasteiger partial charge in [-0.2, -0.15) is 0 Å². The Morgan fingerprint density at radius 1 is 0.848 bits per heavy atom. The molecule has 0 radical (unpaired) electrons. The number of halogens is 2. The van der Waals surface area contributed by atoms with E-state index in [-0.39, 0.29) is 11.6 Å². The van der Waals surface area contributed by atoms with Crippen LogP contribution >= 0.6 is 11.8 Å². The molecular formula is C24H21F2N3O3S. The van der Waals surface area contributed by atoms with Gasteiger partial charge in [0.25, 0.3) is 0 Å². The Morgan fingerprint density at radius 2 is 1.52 bits per heavy atom. The van der Waals surface area contributed by atoms with Crippen LogP contribution in [0.15, 0.2) is 65.8 Å². The monoisotopic (exact) mass is 469 g/mol. The van der Waals surface area contributed by atoms with Crippen LogP contribution in [0.1, 0.15) is 5.56 Å². The molecule has 0 amide bonds. The van der Waals surface area contributed by atoms with Gasteiger partial charge in [-0.3, -0.25) is 4.57 Å². The first-order chi connectivity index (χ1) is 16.0. The van der Waals surface area contributed by atoms with Crippen molar-refractivity contribution in [3.63, 3.8) is 0 Å². The molecule has 0 aliphatic carbocycles. The standard InChI is InChI=1S/C24H21F2N3O3S/c1-30-20-12-16(13-21(31-2)22(20)32-3)23-27-28-24(29(23)18-10-8-17(25)9-11-18)33-14-15-6-4-5-7-19(15)26/h4-13H,14H2,1-3H3. The molecule has 4 aromatic rings. The zero-order valence-corrected chi connectivity index (χ0v) is 19.0. The molecule has 0 aliphatic heterocycles. The Kier molecular flexibility index (Phi) is 6.79. The van der Waals surface area contributed by atoms with Crippen molar-refractivity contribution < 1.29 is 23.0 Å². The highest BCUT2D eigenvalue weighted by atomic mass is 32.2. The van der Waals surface area contributed by atoms with E-state index in [1.807, 2.05) is 0 Å². The summed E-state index contributed by atoms with van der Waals surface area (Å²) in [6.07, 6.45) is 0. The number of rotatable bonds is 8. The molecule has 1 aromatic heterocycles. The lowest BCUT2D eigenvalue weighted by atomic mass is 10.1. The van der Waals surface area contributed by atoms with E-state index >= 15 is 0 Å². The fourth-order valence-electron chi connectivity index (χ4n) is 3.34. The molecule has 0 bridgehead atoms. The van der Waals surface area contributed by atoms with Crippen LogP contribution in [0.3, 0.4) is 0 Å². The minimum atomic E-state index is -0.360. The van der Waals surface area contributed by atoms with Crippen molar-refractivity contribution in [3.8, 4) is 34.3 Å². The van der Waals surface area contributed by atoms with E-state index in [9.17, 15) is 8.78 Å². The Labute approximate surface area is 194 Å².